The first-order chi connectivity index (χ1) is 18.3. The van der Waals surface area contributed by atoms with Crippen molar-refractivity contribution in [1.29, 1.82) is 0 Å². The van der Waals surface area contributed by atoms with E-state index in [1.807, 2.05) is 68.4 Å². The molecular formula is C30H36N2O6. The average Bonchev–Trinajstić information content (AvgIpc) is 2.90. The summed E-state index contributed by atoms with van der Waals surface area (Å²) in [5.41, 5.74) is 2.74. The molecule has 2 aromatic rings. The maximum atomic E-state index is 13.3. The summed E-state index contributed by atoms with van der Waals surface area (Å²) in [6, 6.07) is 17.3. The lowest BCUT2D eigenvalue weighted by Gasteiger charge is -2.38. The summed E-state index contributed by atoms with van der Waals surface area (Å²) in [5, 5.41) is 0. The van der Waals surface area contributed by atoms with Gasteiger partial charge in [-0.15, -0.1) is 0 Å². The molecule has 3 unspecified atom stereocenters. The predicted molar refractivity (Wildman–Crippen MR) is 142 cm³/mol. The lowest BCUT2D eigenvalue weighted by Crippen LogP contribution is -2.52. The van der Waals surface area contributed by atoms with Crippen LogP contribution in [0.4, 0.5) is 0 Å². The molecule has 0 radical (unpaired) electrons. The Hall–Kier alpha value is -3.65. The van der Waals surface area contributed by atoms with E-state index >= 15 is 0 Å². The van der Waals surface area contributed by atoms with Crippen molar-refractivity contribution in [3.8, 4) is 5.75 Å². The Labute approximate surface area is 224 Å². The van der Waals surface area contributed by atoms with Gasteiger partial charge in [-0.05, 0) is 51.0 Å². The second-order valence-electron chi connectivity index (χ2n) is 9.86. The number of esters is 1. The summed E-state index contributed by atoms with van der Waals surface area (Å²) in [5.74, 6) is -0.620. The number of hydrogen-bond acceptors (Lipinski definition) is 6. The molecule has 8 heteroatoms. The van der Waals surface area contributed by atoms with Crippen molar-refractivity contribution < 1.29 is 28.6 Å². The molecule has 2 heterocycles. The Morgan fingerprint density at radius 3 is 2.29 bits per heavy atom. The monoisotopic (exact) mass is 520 g/mol. The van der Waals surface area contributed by atoms with Crippen LogP contribution in [0, 0.1) is 0 Å². The molecule has 38 heavy (non-hydrogen) atoms. The van der Waals surface area contributed by atoms with Crippen LogP contribution in [0.3, 0.4) is 0 Å². The molecule has 1 saturated heterocycles. The molecule has 202 valence electrons. The van der Waals surface area contributed by atoms with Gasteiger partial charge in [0.05, 0.1) is 24.4 Å². The van der Waals surface area contributed by atoms with Crippen molar-refractivity contribution in [3.63, 3.8) is 0 Å². The maximum absolute atomic E-state index is 13.3. The summed E-state index contributed by atoms with van der Waals surface area (Å²) in [6.45, 7) is 8.79. The number of nitrogens with zero attached hydrogens (tertiary/aromatic N) is 2. The van der Waals surface area contributed by atoms with Crippen LogP contribution in [0.1, 0.15) is 51.2 Å². The van der Waals surface area contributed by atoms with Crippen LogP contribution in [-0.2, 0) is 30.5 Å². The van der Waals surface area contributed by atoms with E-state index in [1.54, 1.807) is 18.7 Å². The molecular weight excluding hydrogens is 484 g/mol. The van der Waals surface area contributed by atoms with E-state index in [0.717, 1.165) is 11.1 Å². The minimum atomic E-state index is -0.474. The van der Waals surface area contributed by atoms with Crippen LogP contribution in [0.5, 0.6) is 5.75 Å². The van der Waals surface area contributed by atoms with E-state index in [-0.39, 0.29) is 43.6 Å². The molecule has 3 atom stereocenters. The van der Waals surface area contributed by atoms with E-state index < -0.39 is 11.9 Å². The van der Waals surface area contributed by atoms with Crippen LogP contribution >= 0.6 is 0 Å². The number of carbonyl (C=O) groups is 3. The molecule has 0 aromatic heterocycles. The van der Waals surface area contributed by atoms with Crippen LogP contribution in [0.2, 0.25) is 0 Å². The normalized spacial score (nSPS) is 21.9. The number of carbonyl (C=O) groups excluding carboxylic acids is 3. The Morgan fingerprint density at radius 2 is 1.66 bits per heavy atom. The summed E-state index contributed by atoms with van der Waals surface area (Å²) in [6.07, 6.45) is -0.0788. The number of ether oxygens (including phenoxy) is 3. The maximum Gasteiger partial charge on any atom is 0.336 e. The van der Waals surface area contributed by atoms with Gasteiger partial charge in [0.15, 0.2) is 0 Å². The molecule has 2 aromatic carbocycles. The van der Waals surface area contributed by atoms with Crippen molar-refractivity contribution in [3.05, 3.63) is 77.0 Å². The smallest absolute Gasteiger partial charge is 0.336 e. The number of allylic oxidation sites excluding steroid dienone is 1. The lowest BCUT2D eigenvalue weighted by atomic mass is 9.83. The van der Waals surface area contributed by atoms with Crippen LogP contribution in [0.25, 0.3) is 0 Å². The molecule has 2 aliphatic rings. The second kappa shape index (κ2) is 12.3. The Kier molecular flexibility index (Phi) is 8.84. The zero-order chi connectivity index (χ0) is 27.2. The van der Waals surface area contributed by atoms with E-state index in [0.29, 0.717) is 36.7 Å². The fourth-order valence-corrected chi connectivity index (χ4v) is 5.12. The van der Waals surface area contributed by atoms with Gasteiger partial charge in [0, 0.05) is 31.1 Å². The molecule has 2 amide bonds. The summed E-state index contributed by atoms with van der Waals surface area (Å²) >= 11 is 0. The zero-order valence-electron chi connectivity index (χ0n) is 22.5. The highest BCUT2D eigenvalue weighted by Gasteiger charge is 2.38. The number of benzene rings is 2. The van der Waals surface area contributed by atoms with E-state index in [1.165, 1.54) is 4.90 Å². The third-order valence-electron chi connectivity index (χ3n) is 6.91. The first-order valence-electron chi connectivity index (χ1n) is 13.1. The van der Waals surface area contributed by atoms with Gasteiger partial charge in [0.25, 0.3) is 0 Å². The highest BCUT2D eigenvalue weighted by atomic mass is 16.5. The predicted octanol–water partition coefficient (Wildman–Crippen LogP) is 4.05. The van der Waals surface area contributed by atoms with Crippen molar-refractivity contribution in [2.45, 2.75) is 58.8 Å². The number of hydrogen-bond donors (Lipinski definition) is 0. The molecule has 2 aliphatic heterocycles. The number of rotatable bonds is 8. The van der Waals surface area contributed by atoms with E-state index in [9.17, 15) is 14.4 Å². The quantitative estimate of drug-likeness (QED) is 0.488. The van der Waals surface area contributed by atoms with Crippen LogP contribution < -0.4 is 4.74 Å². The van der Waals surface area contributed by atoms with Crippen molar-refractivity contribution in [2.75, 3.05) is 26.2 Å². The minimum absolute atomic E-state index is 0.0684. The fourth-order valence-electron chi connectivity index (χ4n) is 5.12. The third-order valence-corrected chi connectivity index (χ3v) is 6.91. The number of amides is 2. The van der Waals surface area contributed by atoms with Gasteiger partial charge in [0.1, 0.15) is 18.9 Å². The van der Waals surface area contributed by atoms with Gasteiger partial charge in [0.2, 0.25) is 11.8 Å². The fraction of sp³-hybridized carbons (Fsp3) is 0.433. The summed E-state index contributed by atoms with van der Waals surface area (Å²) < 4.78 is 17.0. The van der Waals surface area contributed by atoms with Crippen molar-refractivity contribution in [1.82, 2.24) is 9.80 Å². The molecule has 0 aliphatic carbocycles. The van der Waals surface area contributed by atoms with Crippen LogP contribution in [-0.4, -0.2) is 66.0 Å². The van der Waals surface area contributed by atoms with Gasteiger partial charge >= 0.3 is 5.97 Å². The first kappa shape index (κ1) is 27.4. The Balaban J connectivity index is 1.54. The van der Waals surface area contributed by atoms with Crippen LogP contribution in [0.15, 0.2) is 65.9 Å². The molecule has 4 rings (SSSR count). The zero-order valence-corrected chi connectivity index (χ0v) is 22.5. The molecule has 1 fully saturated rings. The third kappa shape index (κ3) is 6.42. The topological polar surface area (TPSA) is 85.4 Å². The Morgan fingerprint density at radius 1 is 1.00 bits per heavy atom. The SMILES string of the molecule is CCOC(=O)C1=C(C)N(CC(=O)N2CC(C)OC(C)C2)C(=O)CC1c1ccc(OCc2ccccc2)cc1. The lowest BCUT2D eigenvalue weighted by molar-refractivity contribution is -0.148. The minimum Gasteiger partial charge on any atom is -0.489 e. The van der Waals surface area contributed by atoms with Gasteiger partial charge in [-0.2, -0.15) is 0 Å². The first-order valence-corrected chi connectivity index (χ1v) is 13.1. The van der Waals surface area contributed by atoms with Crippen molar-refractivity contribution in [2.24, 2.45) is 0 Å². The highest BCUT2D eigenvalue weighted by Crippen LogP contribution is 2.37. The molecule has 0 N–H and O–H groups in total. The molecule has 0 saturated carbocycles. The van der Waals surface area contributed by atoms with Gasteiger partial charge < -0.3 is 24.0 Å². The standard InChI is InChI=1S/C30H36N2O6/c1-5-36-30(35)29-22(4)32(18-28(34)31-16-20(2)38-21(3)17-31)27(33)15-26(29)24-11-13-25(14-12-24)37-19-23-9-7-6-8-10-23/h6-14,20-21,26H,5,15-19H2,1-4H3. The van der Waals surface area contributed by atoms with E-state index in [2.05, 4.69) is 0 Å². The Bertz CT molecular complexity index is 1170. The molecule has 0 bridgehead atoms. The molecule has 0 spiro atoms. The van der Waals surface area contributed by atoms with Crippen molar-refractivity contribution >= 4 is 17.8 Å². The second-order valence-corrected chi connectivity index (χ2v) is 9.86. The highest BCUT2D eigenvalue weighted by molar-refractivity contribution is 5.97. The number of morpholine rings is 1. The van der Waals surface area contributed by atoms with Gasteiger partial charge in [-0.1, -0.05) is 42.5 Å². The largest absolute Gasteiger partial charge is 0.489 e. The average molecular weight is 521 g/mol. The van der Waals surface area contributed by atoms with Gasteiger partial charge in [-0.3, -0.25) is 9.59 Å². The summed E-state index contributed by atoms with van der Waals surface area (Å²) in [7, 11) is 0. The van der Waals surface area contributed by atoms with E-state index in [4.69, 9.17) is 14.2 Å². The molecule has 8 nitrogen and oxygen atoms in total. The van der Waals surface area contributed by atoms with Gasteiger partial charge in [-0.25, -0.2) is 4.79 Å². The summed E-state index contributed by atoms with van der Waals surface area (Å²) in [4.78, 5) is 42.7.